The Morgan fingerprint density at radius 2 is 1.75 bits per heavy atom. The second-order valence-corrected chi connectivity index (χ2v) is 6.51. The molecule has 0 N–H and O–H groups in total. The van der Waals surface area contributed by atoms with Gasteiger partial charge in [0, 0.05) is 21.1 Å². The highest BCUT2D eigenvalue weighted by Crippen LogP contribution is 2.20. The van der Waals surface area contributed by atoms with Gasteiger partial charge in [0.15, 0.2) is 5.78 Å². The first-order valence-corrected chi connectivity index (χ1v) is 6.93. The first-order valence-electron chi connectivity index (χ1n) is 5.30. The van der Waals surface area contributed by atoms with E-state index >= 15 is 0 Å². The Morgan fingerprint density at radius 1 is 1.06 bits per heavy atom. The van der Waals surface area contributed by atoms with Gasteiger partial charge in [0.05, 0.1) is 4.88 Å². The SMILES string of the molecule is Cc1ccc(CCC(=O)c2ccc(C)s2)s1. The third kappa shape index (κ3) is 2.80. The Morgan fingerprint density at radius 3 is 2.31 bits per heavy atom. The molecule has 0 radical (unpaired) electrons. The van der Waals surface area contributed by atoms with Crippen LogP contribution in [0.4, 0.5) is 0 Å². The second kappa shape index (κ2) is 4.93. The number of rotatable bonds is 4. The van der Waals surface area contributed by atoms with Gasteiger partial charge in [-0.2, -0.15) is 0 Å². The molecule has 0 spiro atoms. The van der Waals surface area contributed by atoms with Crippen LogP contribution in [0.1, 0.15) is 30.7 Å². The summed E-state index contributed by atoms with van der Waals surface area (Å²) in [4.78, 5) is 16.6. The summed E-state index contributed by atoms with van der Waals surface area (Å²) in [6.45, 7) is 4.13. The average Bonchev–Trinajstić information content (AvgIpc) is 2.84. The van der Waals surface area contributed by atoms with E-state index in [1.807, 2.05) is 19.1 Å². The first-order chi connectivity index (χ1) is 7.65. The fourth-order valence-corrected chi connectivity index (χ4v) is 3.29. The number of carbonyl (C=O) groups is 1. The number of ketones is 1. The molecule has 0 bridgehead atoms. The van der Waals surface area contributed by atoms with Crippen molar-refractivity contribution in [1.82, 2.24) is 0 Å². The Labute approximate surface area is 104 Å². The molecule has 0 atom stereocenters. The predicted octanol–water partition coefficient (Wildman–Crippen LogP) is 4.24. The van der Waals surface area contributed by atoms with E-state index in [9.17, 15) is 4.79 Å². The lowest BCUT2D eigenvalue weighted by atomic mass is 10.2. The van der Waals surface area contributed by atoms with Crippen LogP contribution in [0.5, 0.6) is 0 Å². The molecule has 2 aromatic rings. The van der Waals surface area contributed by atoms with Crippen LogP contribution in [-0.2, 0) is 6.42 Å². The summed E-state index contributed by atoms with van der Waals surface area (Å²) in [5.41, 5.74) is 0. The topological polar surface area (TPSA) is 17.1 Å². The van der Waals surface area contributed by atoms with Crippen molar-refractivity contribution in [2.45, 2.75) is 26.7 Å². The molecule has 0 fully saturated rings. The van der Waals surface area contributed by atoms with Crippen LogP contribution in [-0.4, -0.2) is 5.78 Å². The van der Waals surface area contributed by atoms with E-state index in [1.165, 1.54) is 14.6 Å². The first kappa shape index (κ1) is 11.6. The molecule has 0 aliphatic carbocycles. The van der Waals surface area contributed by atoms with Crippen molar-refractivity contribution < 1.29 is 4.79 Å². The van der Waals surface area contributed by atoms with E-state index in [0.29, 0.717) is 6.42 Å². The van der Waals surface area contributed by atoms with E-state index < -0.39 is 0 Å². The number of Topliss-reactive ketones (excluding diaryl/α,β-unsaturated/α-hetero) is 1. The van der Waals surface area contributed by atoms with Gasteiger partial charge in [-0.05, 0) is 44.5 Å². The van der Waals surface area contributed by atoms with Gasteiger partial charge in [0.25, 0.3) is 0 Å². The van der Waals surface area contributed by atoms with Crippen molar-refractivity contribution in [2.75, 3.05) is 0 Å². The van der Waals surface area contributed by atoms with Gasteiger partial charge in [-0.3, -0.25) is 4.79 Å². The van der Waals surface area contributed by atoms with Gasteiger partial charge in [-0.25, -0.2) is 0 Å². The fourth-order valence-electron chi connectivity index (χ4n) is 1.56. The lowest BCUT2D eigenvalue weighted by Gasteiger charge is -1.96. The standard InChI is InChI=1S/C13H14OS2/c1-9-3-5-11(15-9)6-7-12(14)13-8-4-10(2)16-13/h3-5,8H,6-7H2,1-2H3. The zero-order valence-electron chi connectivity index (χ0n) is 9.45. The normalized spacial score (nSPS) is 10.6. The summed E-state index contributed by atoms with van der Waals surface area (Å²) >= 11 is 3.37. The zero-order chi connectivity index (χ0) is 11.5. The van der Waals surface area contributed by atoms with Crippen LogP contribution in [0.3, 0.4) is 0 Å². The lowest BCUT2D eigenvalue weighted by molar-refractivity contribution is 0.0987. The third-order valence-electron chi connectivity index (χ3n) is 2.41. The molecular formula is C13H14OS2. The van der Waals surface area contributed by atoms with Crippen LogP contribution >= 0.6 is 22.7 Å². The van der Waals surface area contributed by atoms with Crippen molar-refractivity contribution >= 4 is 28.5 Å². The minimum absolute atomic E-state index is 0.268. The minimum Gasteiger partial charge on any atom is -0.293 e. The molecule has 0 saturated heterocycles. The molecule has 0 aromatic carbocycles. The van der Waals surface area contributed by atoms with E-state index in [2.05, 4.69) is 19.1 Å². The molecule has 0 saturated carbocycles. The lowest BCUT2D eigenvalue weighted by Crippen LogP contribution is -1.97. The maximum atomic E-state index is 11.9. The van der Waals surface area contributed by atoms with Gasteiger partial charge < -0.3 is 0 Å². The van der Waals surface area contributed by atoms with E-state index in [4.69, 9.17) is 0 Å². The molecular weight excluding hydrogens is 236 g/mol. The minimum atomic E-state index is 0.268. The zero-order valence-corrected chi connectivity index (χ0v) is 11.1. The molecule has 84 valence electrons. The molecule has 2 aromatic heterocycles. The van der Waals surface area contributed by atoms with E-state index in [-0.39, 0.29) is 5.78 Å². The monoisotopic (exact) mass is 250 g/mol. The van der Waals surface area contributed by atoms with Crippen molar-refractivity contribution in [2.24, 2.45) is 0 Å². The van der Waals surface area contributed by atoms with Crippen LogP contribution in [0.25, 0.3) is 0 Å². The highest BCUT2D eigenvalue weighted by Gasteiger charge is 2.08. The molecule has 2 heterocycles. The number of hydrogen-bond donors (Lipinski definition) is 0. The highest BCUT2D eigenvalue weighted by atomic mass is 32.1. The molecule has 0 aliphatic rings. The Bertz CT molecular complexity index is 494. The molecule has 0 amide bonds. The largest absolute Gasteiger partial charge is 0.293 e. The number of aryl methyl sites for hydroxylation is 3. The second-order valence-electron chi connectivity index (χ2n) is 3.85. The summed E-state index contributed by atoms with van der Waals surface area (Å²) < 4.78 is 0. The summed E-state index contributed by atoms with van der Waals surface area (Å²) in [6, 6.07) is 8.17. The predicted molar refractivity (Wildman–Crippen MR) is 70.8 cm³/mol. The summed E-state index contributed by atoms with van der Waals surface area (Å²) in [5, 5.41) is 0. The molecule has 2 rings (SSSR count). The van der Waals surface area contributed by atoms with Crippen molar-refractivity contribution in [3.63, 3.8) is 0 Å². The number of hydrogen-bond acceptors (Lipinski definition) is 3. The molecule has 0 unspecified atom stereocenters. The third-order valence-corrected chi connectivity index (χ3v) is 4.51. The molecule has 0 aliphatic heterocycles. The molecule has 3 heteroatoms. The van der Waals surface area contributed by atoms with Gasteiger partial charge in [-0.15, -0.1) is 22.7 Å². The fraction of sp³-hybridized carbons (Fsp3) is 0.308. The smallest absolute Gasteiger partial charge is 0.173 e. The number of thiophene rings is 2. The van der Waals surface area contributed by atoms with Crippen LogP contribution in [0, 0.1) is 13.8 Å². The summed E-state index contributed by atoms with van der Waals surface area (Å²) in [7, 11) is 0. The van der Waals surface area contributed by atoms with E-state index in [1.54, 1.807) is 22.7 Å². The Hall–Kier alpha value is -0.930. The highest BCUT2D eigenvalue weighted by molar-refractivity contribution is 7.14. The van der Waals surface area contributed by atoms with Crippen LogP contribution in [0.2, 0.25) is 0 Å². The van der Waals surface area contributed by atoms with E-state index in [0.717, 1.165) is 11.3 Å². The van der Waals surface area contributed by atoms with Crippen molar-refractivity contribution in [3.05, 3.63) is 43.8 Å². The quantitative estimate of drug-likeness (QED) is 0.742. The van der Waals surface area contributed by atoms with Gasteiger partial charge in [0.2, 0.25) is 0 Å². The van der Waals surface area contributed by atoms with Crippen molar-refractivity contribution in [1.29, 1.82) is 0 Å². The Kier molecular flexibility index (Phi) is 3.56. The summed E-state index contributed by atoms with van der Waals surface area (Å²) in [5.74, 6) is 0.268. The number of carbonyl (C=O) groups excluding carboxylic acids is 1. The van der Waals surface area contributed by atoms with Gasteiger partial charge in [0.1, 0.15) is 0 Å². The van der Waals surface area contributed by atoms with Gasteiger partial charge >= 0.3 is 0 Å². The Balaban J connectivity index is 1.93. The maximum Gasteiger partial charge on any atom is 0.173 e. The van der Waals surface area contributed by atoms with Crippen LogP contribution in [0.15, 0.2) is 24.3 Å². The average molecular weight is 250 g/mol. The van der Waals surface area contributed by atoms with Crippen LogP contribution < -0.4 is 0 Å². The van der Waals surface area contributed by atoms with Gasteiger partial charge in [-0.1, -0.05) is 0 Å². The summed E-state index contributed by atoms with van der Waals surface area (Å²) in [6.07, 6.45) is 1.49. The molecule has 16 heavy (non-hydrogen) atoms. The maximum absolute atomic E-state index is 11.9. The van der Waals surface area contributed by atoms with Crippen molar-refractivity contribution in [3.8, 4) is 0 Å². The molecule has 1 nitrogen and oxygen atoms in total.